The lowest BCUT2D eigenvalue weighted by Gasteiger charge is -2.21. The molecule has 19 heavy (non-hydrogen) atoms. The summed E-state index contributed by atoms with van der Waals surface area (Å²) in [6.45, 7) is 6.79. The molecule has 0 spiro atoms. The Morgan fingerprint density at radius 3 is 2.79 bits per heavy atom. The Balaban J connectivity index is 1.74. The molecule has 1 amide bonds. The molecule has 1 aromatic carbocycles. The highest BCUT2D eigenvalue weighted by Crippen LogP contribution is 2.09. The van der Waals surface area contributed by atoms with Gasteiger partial charge in [0.15, 0.2) is 0 Å². The smallest absolute Gasteiger partial charge is 0.239 e. The van der Waals surface area contributed by atoms with Gasteiger partial charge in [-0.15, -0.1) is 0 Å². The molecule has 2 rings (SSSR count). The monoisotopic (exact) mass is 260 g/mol. The SMILES string of the molecule is Cc1cccc(CCNC(C)C(=O)N2CCCC2)c1. The average molecular weight is 260 g/mol. The molecular weight excluding hydrogens is 236 g/mol. The summed E-state index contributed by atoms with van der Waals surface area (Å²) in [4.78, 5) is 14.1. The van der Waals surface area contributed by atoms with Crippen molar-refractivity contribution in [2.24, 2.45) is 0 Å². The van der Waals surface area contributed by atoms with Gasteiger partial charge in [-0.2, -0.15) is 0 Å². The Labute approximate surface area is 116 Å². The van der Waals surface area contributed by atoms with Gasteiger partial charge in [-0.3, -0.25) is 4.79 Å². The van der Waals surface area contributed by atoms with E-state index in [4.69, 9.17) is 0 Å². The van der Waals surface area contributed by atoms with Crippen molar-refractivity contribution >= 4 is 5.91 Å². The molecule has 0 aliphatic carbocycles. The fraction of sp³-hybridized carbons (Fsp3) is 0.562. The molecule has 1 unspecified atom stereocenters. The zero-order valence-electron chi connectivity index (χ0n) is 12.0. The van der Waals surface area contributed by atoms with Gasteiger partial charge in [-0.1, -0.05) is 29.8 Å². The molecule has 0 bridgehead atoms. The molecule has 1 saturated heterocycles. The lowest BCUT2D eigenvalue weighted by molar-refractivity contribution is -0.131. The van der Waals surface area contributed by atoms with Crippen LogP contribution in [-0.2, 0) is 11.2 Å². The summed E-state index contributed by atoms with van der Waals surface area (Å²) >= 11 is 0. The van der Waals surface area contributed by atoms with E-state index in [0.717, 1.165) is 38.9 Å². The van der Waals surface area contributed by atoms with E-state index in [1.54, 1.807) is 0 Å². The van der Waals surface area contributed by atoms with Gasteiger partial charge in [-0.25, -0.2) is 0 Å². The zero-order chi connectivity index (χ0) is 13.7. The van der Waals surface area contributed by atoms with Crippen LogP contribution in [0.3, 0.4) is 0 Å². The van der Waals surface area contributed by atoms with Crippen molar-refractivity contribution < 1.29 is 4.79 Å². The normalized spacial score (nSPS) is 16.6. The first kappa shape index (κ1) is 14.1. The van der Waals surface area contributed by atoms with Crippen molar-refractivity contribution in [3.8, 4) is 0 Å². The lowest BCUT2D eigenvalue weighted by Crippen LogP contribution is -2.44. The number of likely N-dealkylation sites (tertiary alicyclic amines) is 1. The van der Waals surface area contributed by atoms with Gasteiger partial charge >= 0.3 is 0 Å². The second-order valence-corrected chi connectivity index (χ2v) is 5.45. The third-order valence-electron chi connectivity index (χ3n) is 3.73. The topological polar surface area (TPSA) is 32.3 Å². The zero-order valence-corrected chi connectivity index (χ0v) is 12.0. The van der Waals surface area contributed by atoms with Gasteiger partial charge in [-0.05, 0) is 45.2 Å². The fourth-order valence-electron chi connectivity index (χ4n) is 2.60. The Hall–Kier alpha value is -1.35. The Kier molecular flexibility index (Phi) is 4.97. The van der Waals surface area contributed by atoms with Crippen LogP contribution in [0.15, 0.2) is 24.3 Å². The number of hydrogen-bond donors (Lipinski definition) is 1. The number of aryl methyl sites for hydroxylation is 1. The molecule has 3 heteroatoms. The van der Waals surface area contributed by atoms with E-state index in [9.17, 15) is 4.79 Å². The largest absolute Gasteiger partial charge is 0.341 e. The van der Waals surface area contributed by atoms with Crippen LogP contribution in [0.1, 0.15) is 30.9 Å². The Morgan fingerprint density at radius 1 is 1.37 bits per heavy atom. The highest BCUT2D eigenvalue weighted by Gasteiger charge is 2.22. The van der Waals surface area contributed by atoms with Crippen LogP contribution in [0.2, 0.25) is 0 Å². The van der Waals surface area contributed by atoms with Gasteiger partial charge in [0.1, 0.15) is 0 Å². The van der Waals surface area contributed by atoms with E-state index in [2.05, 4.69) is 36.5 Å². The maximum Gasteiger partial charge on any atom is 0.239 e. The summed E-state index contributed by atoms with van der Waals surface area (Å²) < 4.78 is 0. The molecule has 0 saturated carbocycles. The molecule has 1 aliphatic rings. The maximum atomic E-state index is 12.1. The number of carbonyl (C=O) groups is 1. The predicted octanol–water partition coefficient (Wildman–Crippen LogP) is 2.14. The third-order valence-corrected chi connectivity index (χ3v) is 3.73. The van der Waals surface area contributed by atoms with Crippen LogP contribution >= 0.6 is 0 Å². The molecule has 1 N–H and O–H groups in total. The molecule has 0 aromatic heterocycles. The van der Waals surface area contributed by atoms with Gasteiger partial charge in [0.05, 0.1) is 6.04 Å². The summed E-state index contributed by atoms with van der Waals surface area (Å²) in [6, 6.07) is 8.47. The van der Waals surface area contributed by atoms with Crippen LogP contribution < -0.4 is 5.32 Å². The number of amides is 1. The number of nitrogens with one attached hydrogen (secondary N) is 1. The van der Waals surface area contributed by atoms with Gasteiger partial charge < -0.3 is 10.2 Å². The van der Waals surface area contributed by atoms with E-state index in [1.807, 2.05) is 11.8 Å². The molecule has 0 radical (unpaired) electrons. The summed E-state index contributed by atoms with van der Waals surface area (Å²) in [6.07, 6.45) is 3.28. The van der Waals surface area contributed by atoms with Crippen molar-refractivity contribution in [2.75, 3.05) is 19.6 Å². The van der Waals surface area contributed by atoms with Gasteiger partial charge in [0.25, 0.3) is 0 Å². The van der Waals surface area contributed by atoms with Crippen LogP contribution in [-0.4, -0.2) is 36.5 Å². The van der Waals surface area contributed by atoms with Gasteiger partial charge in [0, 0.05) is 13.1 Å². The molecule has 1 heterocycles. The molecule has 1 aliphatic heterocycles. The van der Waals surface area contributed by atoms with Crippen LogP contribution in [0.25, 0.3) is 0 Å². The lowest BCUT2D eigenvalue weighted by atomic mass is 10.1. The number of carbonyl (C=O) groups excluding carboxylic acids is 1. The summed E-state index contributed by atoms with van der Waals surface area (Å²) in [5.41, 5.74) is 2.62. The minimum atomic E-state index is -0.0668. The third kappa shape index (κ3) is 4.06. The quantitative estimate of drug-likeness (QED) is 0.879. The van der Waals surface area contributed by atoms with E-state index < -0.39 is 0 Å². The van der Waals surface area contributed by atoms with E-state index >= 15 is 0 Å². The Morgan fingerprint density at radius 2 is 2.11 bits per heavy atom. The molecule has 1 aromatic rings. The minimum absolute atomic E-state index is 0.0668. The standard InChI is InChI=1S/C16H24N2O/c1-13-6-5-7-15(12-13)8-9-17-14(2)16(19)18-10-3-4-11-18/h5-7,12,14,17H,3-4,8-11H2,1-2H3. The Bertz CT molecular complexity index is 425. The van der Waals surface area contributed by atoms with Gasteiger partial charge in [0.2, 0.25) is 5.91 Å². The van der Waals surface area contributed by atoms with Crippen molar-refractivity contribution in [1.82, 2.24) is 10.2 Å². The van der Waals surface area contributed by atoms with Crippen molar-refractivity contribution in [3.05, 3.63) is 35.4 Å². The first-order chi connectivity index (χ1) is 9.16. The van der Waals surface area contributed by atoms with Crippen LogP contribution in [0.4, 0.5) is 0 Å². The van der Waals surface area contributed by atoms with Crippen molar-refractivity contribution in [2.45, 2.75) is 39.2 Å². The molecule has 3 nitrogen and oxygen atoms in total. The van der Waals surface area contributed by atoms with E-state index in [-0.39, 0.29) is 11.9 Å². The van der Waals surface area contributed by atoms with Crippen molar-refractivity contribution in [3.63, 3.8) is 0 Å². The molecule has 1 fully saturated rings. The number of nitrogens with zero attached hydrogens (tertiary/aromatic N) is 1. The summed E-state index contributed by atoms with van der Waals surface area (Å²) in [5, 5.41) is 3.34. The number of hydrogen-bond acceptors (Lipinski definition) is 2. The van der Waals surface area contributed by atoms with E-state index in [0.29, 0.717) is 0 Å². The predicted molar refractivity (Wildman–Crippen MR) is 78.2 cm³/mol. The first-order valence-electron chi connectivity index (χ1n) is 7.24. The maximum absolute atomic E-state index is 12.1. The second kappa shape index (κ2) is 6.71. The number of benzene rings is 1. The average Bonchev–Trinajstić information content (AvgIpc) is 2.91. The minimum Gasteiger partial charge on any atom is -0.341 e. The molecular formula is C16H24N2O. The van der Waals surface area contributed by atoms with Crippen LogP contribution in [0, 0.1) is 6.92 Å². The molecule has 1 atom stereocenters. The highest BCUT2D eigenvalue weighted by atomic mass is 16.2. The number of rotatable bonds is 5. The van der Waals surface area contributed by atoms with Crippen LogP contribution in [0.5, 0.6) is 0 Å². The first-order valence-corrected chi connectivity index (χ1v) is 7.24. The summed E-state index contributed by atoms with van der Waals surface area (Å²) in [7, 11) is 0. The van der Waals surface area contributed by atoms with E-state index in [1.165, 1.54) is 11.1 Å². The van der Waals surface area contributed by atoms with Crippen molar-refractivity contribution in [1.29, 1.82) is 0 Å². The fourth-order valence-corrected chi connectivity index (χ4v) is 2.60. The molecule has 104 valence electrons. The second-order valence-electron chi connectivity index (χ2n) is 5.45. The summed E-state index contributed by atoms with van der Waals surface area (Å²) in [5.74, 6) is 0.252. The highest BCUT2D eigenvalue weighted by molar-refractivity contribution is 5.81.